The maximum Gasteiger partial charge on any atom is 0.0701 e. The summed E-state index contributed by atoms with van der Waals surface area (Å²) in [7, 11) is 0. The average Bonchev–Trinajstić information content (AvgIpc) is 2.72. The number of hydrogen-bond donors (Lipinski definition) is 1. The number of rotatable bonds is 4. The summed E-state index contributed by atoms with van der Waals surface area (Å²) < 4.78 is 27.9. The van der Waals surface area contributed by atoms with Gasteiger partial charge in [0.05, 0.1) is 66.1 Å². The predicted molar refractivity (Wildman–Crippen MR) is 110 cm³/mol. The average molecular weight is 397 g/mol. The first-order valence-corrected chi connectivity index (χ1v) is 10.3. The van der Waals surface area contributed by atoms with Crippen molar-refractivity contribution in [2.75, 3.05) is 90.6 Å². The van der Waals surface area contributed by atoms with Crippen LogP contribution in [0.4, 0.5) is 5.69 Å². The summed E-state index contributed by atoms with van der Waals surface area (Å²) in [6.45, 7) is 8.30. The minimum absolute atomic E-state index is 0.578. The molecule has 1 aliphatic heterocycles. The maximum absolute atomic E-state index is 5.73. The molecule has 1 aromatic carbocycles. The minimum atomic E-state index is 0.578. The lowest BCUT2D eigenvalue weighted by molar-refractivity contribution is -0.0116. The second-order valence-corrected chi connectivity index (χ2v) is 6.61. The van der Waals surface area contributed by atoms with E-state index >= 15 is 0 Å². The van der Waals surface area contributed by atoms with E-state index in [-0.39, 0.29) is 0 Å². The Hall–Kier alpha value is -1.22. The molecule has 0 atom stereocenters. The van der Waals surface area contributed by atoms with Gasteiger partial charge in [-0.15, -0.1) is 0 Å². The lowest BCUT2D eigenvalue weighted by Crippen LogP contribution is -2.31. The first-order valence-electron chi connectivity index (χ1n) is 10.3. The van der Waals surface area contributed by atoms with Gasteiger partial charge in [0.1, 0.15) is 0 Å². The van der Waals surface area contributed by atoms with E-state index in [1.807, 2.05) is 0 Å². The van der Waals surface area contributed by atoms with Crippen LogP contribution in [-0.4, -0.2) is 85.7 Å². The van der Waals surface area contributed by atoms with Crippen molar-refractivity contribution in [2.45, 2.75) is 12.8 Å². The molecule has 1 heterocycles. The highest BCUT2D eigenvalue weighted by Gasteiger charge is 2.07. The smallest absolute Gasteiger partial charge is 0.0701 e. The van der Waals surface area contributed by atoms with E-state index in [4.69, 9.17) is 29.4 Å². The van der Waals surface area contributed by atoms with Gasteiger partial charge in [-0.3, -0.25) is 0 Å². The van der Waals surface area contributed by atoms with E-state index in [9.17, 15) is 0 Å². The SMILES string of the molecule is NCCCc1ccc(N2CCOCCOCCOCCOCCOCC2)cc1. The van der Waals surface area contributed by atoms with Crippen LogP contribution >= 0.6 is 0 Å². The van der Waals surface area contributed by atoms with Crippen LogP contribution in [0.2, 0.25) is 0 Å². The van der Waals surface area contributed by atoms with Gasteiger partial charge in [-0.05, 0) is 37.1 Å². The van der Waals surface area contributed by atoms with Gasteiger partial charge in [0.15, 0.2) is 0 Å². The molecule has 7 heteroatoms. The molecule has 0 spiro atoms. The maximum atomic E-state index is 5.73. The van der Waals surface area contributed by atoms with Crippen LogP contribution in [0.3, 0.4) is 0 Å². The molecule has 0 amide bonds. The number of nitrogens with two attached hydrogens (primary N) is 1. The van der Waals surface area contributed by atoms with Crippen molar-refractivity contribution in [2.24, 2.45) is 5.73 Å². The molecule has 1 aliphatic rings. The molecule has 1 fully saturated rings. The van der Waals surface area contributed by atoms with Crippen LogP contribution in [0.5, 0.6) is 0 Å². The first-order chi connectivity index (χ1) is 13.9. The van der Waals surface area contributed by atoms with Crippen LogP contribution in [0, 0.1) is 0 Å². The normalized spacial score (nSPS) is 19.7. The van der Waals surface area contributed by atoms with Gasteiger partial charge in [0.25, 0.3) is 0 Å². The highest BCUT2D eigenvalue weighted by Crippen LogP contribution is 2.16. The third-order valence-electron chi connectivity index (χ3n) is 4.47. The Balaban J connectivity index is 1.83. The zero-order valence-corrected chi connectivity index (χ0v) is 17.0. The second-order valence-electron chi connectivity index (χ2n) is 6.61. The van der Waals surface area contributed by atoms with Crippen molar-refractivity contribution >= 4 is 5.69 Å². The molecule has 0 aliphatic carbocycles. The number of ether oxygens (including phenoxy) is 5. The van der Waals surface area contributed by atoms with Gasteiger partial charge < -0.3 is 34.3 Å². The largest absolute Gasteiger partial charge is 0.377 e. The molecule has 0 aromatic heterocycles. The van der Waals surface area contributed by atoms with Crippen molar-refractivity contribution in [1.82, 2.24) is 0 Å². The van der Waals surface area contributed by atoms with E-state index < -0.39 is 0 Å². The molecular formula is C21H36N2O5. The van der Waals surface area contributed by atoms with Gasteiger partial charge in [-0.1, -0.05) is 12.1 Å². The lowest BCUT2D eigenvalue weighted by Gasteiger charge is -2.25. The molecule has 2 rings (SSSR count). The van der Waals surface area contributed by atoms with Crippen LogP contribution in [0.1, 0.15) is 12.0 Å². The third-order valence-corrected chi connectivity index (χ3v) is 4.47. The molecule has 1 saturated heterocycles. The summed E-state index contributed by atoms with van der Waals surface area (Å²) in [5.74, 6) is 0. The van der Waals surface area contributed by atoms with Crippen molar-refractivity contribution in [1.29, 1.82) is 0 Å². The predicted octanol–water partition coefficient (Wildman–Crippen LogP) is 1.48. The van der Waals surface area contributed by atoms with Crippen LogP contribution < -0.4 is 10.6 Å². The summed E-state index contributed by atoms with van der Waals surface area (Å²) in [5, 5.41) is 0. The fraction of sp³-hybridized carbons (Fsp3) is 0.714. The molecule has 160 valence electrons. The zero-order valence-electron chi connectivity index (χ0n) is 17.0. The molecule has 0 bridgehead atoms. The zero-order chi connectivity index (χ0) is 19.7. The van der Waals surface area contributed by atoms with Gasteiger partial charge in [-0.25, -0.2) is 0 Å². The van der Waals surface area contributed by atoms with Gasteiger partial charge in [0.2, 0.25) is 0 Å². The van der Waals surface area contributed by atoms with Crippen molar-refractivity contribution in [3.05, 3.63) is 29.8 Å². The number of nitrogens with zero attached hydrogens (tertiary/aromatic N) is 1. The van der Waals surface area contributed by atoms with E-state index in [2.05, 4.69) is 29.2 Å². The topological polar surface area (TPSA) is 75.4 Å². The molecule has 7 nitrogen and oxygen atoms in total. The summed E-state index contributed by atoms with van der Waals surface area (Å²) in [6.07, 6.45) is 2.04. The molecule has 28 heavy (non-hydrogen) atoms. The van der Waals surface area contributed by atoms with E-state index in [1.165, 1.54) is 11.3 Å². The fourth-order valence-electron chi connectivity index (χ4n) is 2.88. The van der Waals surface area contributed by atoms with Gasteiger partial charge in [-0.2, -0.15) is 0 Å². The van der Waals surface area contributed by atoms with E-state index in [0.717, 1.165) is 32.5 Å². The molecule has 0 unspecified atom stereocenters. The standard InChI is InChI=1S/C21H36N2O5/c22-7-1-2-20-3-5-21(6-4-20)23-8-10-24-12-14-26-16-18-28-19-17-27-15-13-25-11-9-23/h3-6H,1-2,7-19,22H2. The number of aryl methyl sites for hydroxylation is 1. The van der Waals surface area contributed by atoms with Crippen molar-refractivity contribution < 1.29 is 23.7 Å². The second kappa shape index (κ2) is 15.7. The number of hydrogen-bond acceptors (Lipinski definition) is 7. The molecule has 0 radical (unpaired) electrons. The molecule has 1 aromatic rings. The van der Waals surface area contributed by atoms with E-state index in [1.54, 1.807) is 0 Å². The van der Waals surface area contributed by atoms with Crippen molar-refractivity contribution in [3.63, 3.8) is 0 Å². The highest BCUT2D eigenvalue weighted by molar-refractivity contribution is 5.47. The summed E-state index contributed by atoms with van der Waals surface area (Å²) in [6, 6.07) is 8.71. The van der Waals surface area contributed by atoms with E-state index in [0.29, 0.717) is 66.1 Å². The summed E-state index contributed by atoms with van der Waals surface area (Å²) >= 11 is 0. The Morgan fingerprint density at radius 1 is 0.643 bits per heavy atom. The number of benzene rings is 1. The Labute approximate surface area is 169 Å². The summed E-state index contributed by atoms with van der Waals surface area (Å²) in [5.41, 5.74) is 8.11. The van der Waals surface area contributed by atoms with Crippen LogP contribution in [-0.2, 0) is 30.1 Å². The van der Waals surface area contributed by atoms with Gasteiger partial charge in [0, 0.05) is 18.8 Å². The lowest BCUT2D eigenvalue weighted by atomic mass is 10.1. The van der Waals surface area contributed by atoms with Gasteiger partial charge >= 0.3 is 0 Å². The Morgan fingerprint density at radius 2 is 1.07 bits per heavy atom. The third kappa shape index (κ3) is 10.4. The Bertz CT molecular complexity index is 468. The molecular weight excluding hydrogens is 360 g/mol. The van der Waals surface area contributed by atoms with Crippen LogP contribution in [0.15, 0.2) is 24.3 Å². The Kier molecular flexibility index (Phi) is 12.9. The monoisotopic (exact) mass is 396 g/mol. The summed E-state index contributed by atoms with van der Waals surface area (Å²) in [4.78, 5) is 2.30. The highest BCUT2D eigenvalue weighted by atomic mass is 16.6. The fourth-order valence-corrected chi connectivity index (χ4v) is 2.88. The Morgan fingerprint density at radius 3 is 1.50 bits per heavy atom. The molecule has 0 saturated carbocycles. The quantitative estimate of drug-likeness (QED) is 0.826. The minimum Gasteiger partial charge on any atom is -0.377 e. The number of anilines is 1. The first kappa shape index (κ1) is 23.1. The van der Waals surface area contributed by atoms with Crippen LogP contribution in [0.25, 0.3) is 0 Å². The van der Waals surface area contributed by atoms with Crippen molar-refractivity contribution in [3.8, 4) is 0 Å². The molecule has 2 N–H and O–H groups in total.